The van der Waals surface area contributed by atoms with Crippen LogP contribution in [0.3, 0.4) is 0 Å². The zero-order valence-electron chi connectivity index (χ0n) is 10.5. The SMILES string of the molecule is NCC1CCCC1COc1cc(Br)ccc1[N+](=O)[O-]. The van der Waals surface area contributed by atoms with E-state index in [4.69, 9.17) is 10.5 Å². The van der Waals surface area contributed by atoms with Gasteiger partial charge in [0.15, 0.2) is 5.75 Å². The van der Waals surface area contributed by atoms with Gasteiger partial charge in [0, 0.05) is 16.6 Å². The highest BCUT2D eigenvalue weighted by atomic mass is 79.9. The van der Waals surface area contributed by atoms with E-state index in [0.717, 1.165) is 23.7 Å². The maximum atomic E-state index is 10.9. The average molecular weight is 329 g/mol. The van der Waals surface area contributed by atoms with Crippen LogP contribution in [0.4, 0.5) is 5.69 Å². The molecule has 2 unspecified atom stereocenters. The fourth-order valence-electron chi connectivity index (χ4n) is 2.59. The van der Waals surface area contributed by atoms with Crippen molar-refractivity contribution < 1.29 is 9.66 Å². The highest BCUT2D eigenvalue weighted by Gasteiger charge is 2.27. The van der Waals surface area contributed by atoms with E-state index < -0.39 is 4.92 Å². The lowest BCUT2D eigenvalue weighted by Crippen LogP contribution is -2.23. The fourth-order valence-corrected chi connectivity index (χ4v) is 2.93. The molecular weight excluding hydrogens is 312 g/mol. The lowest BCUT2D eigenvalue weighted by Gasteiger charge is -2.18. The van der Waals surface area contributed by atoms with Gasteiger partial charge in [-0.15, -0.1) is 0 Å². The highest BCUT2D eigenvalue weighted by Crippen LogP contribution is 2.34. The molecule has 0 bridgehead atoms. The number of ether oxygens (including phenoxy) is 1. The Kier molecular flexibility index (Phi) is 4.76. The predicted octanol–water partition coefficient (Wildman–Crippen LogP) is 3.11. The molecule has 1 fully saturated rings. The van der Waals surface area contributed by atoms with Crippen LogP contribution in [0.5, 0.6) is 5.75 Å². The third kappa shape index (κ3) is 3.45. The molecule has 0 radical (unpaired) electrons. The van der Waals surface area contributed by atoms with Gasteiger partial charge in [0.05, 0.1) is 11.5 Å². The van der Waals surface area contributed by atoms with E-state index in [1.165, 1.54) is 6.07 Å². The number of nitrogens with two attached hydrogens (primary N) is 1. The summed E-state index contributed by atoms with van der Waals surface area (Å²) in [5, 5.41) is 10.9. The minimum absolute atomic E-state index is 0.00509. The van der Waals surface area contributed by atoms with Crippen molar-refractivity contribution in [2.45, 2.75) is 19.3 Å². The second-order valence-corrected chi connectivity index (χ2v) is 5.78. The first kappa shape index (κ1) is 14.3. The first-order valence-corrected chi connectivity index (χ1v) is 7.18. The van der Waals surface area contributed by atoms with Gasteiger partial charge in [0.2, 0.25) is 0 Å². The summed E-state index contributed by atoms with van der Waals surface area (Å²) in [5.74, 6) is 1.21. The molecule has 0 heterocycles. The van der Waals surface area contributed by atoms with E-state index in [2.05, 4.69) is 15.9 Å². The van der Waals surface area contributed by atoms with E-state index in [9.17, 15) is 10.1 Å². The Hall–Kier alpha value is -1.14. The lowest BCUT2D eigenvalue weighted by molar-refractivity contribution is -0.385. The third-order valence-corrected chi connectivity index (χ3v) is 4.18. The van der Waals surface area contributed by atoms with Gasteiger partial charge in [-0.3, -0.25) is 10.1 Å². The minimum atomic E-state index is -0.420. The van der Waals surface area contributed by atoms with Crippen LogP contribution in [0.2, 0.25) is 0 Å². The average Bonchev–Trinajstić information content (AvgIpc) is 2.83. The number of nitrogens with zero attached hydrogens (tertiary/aromatic N) is 1. The maximum Gasteiger partial charge on any atom is 0.310 e. The van der Waals surface area contributed by atoms with Crippen LogP contribution in [0.25, 0.3) is 0 Å². The summed E-state index contributed by atoms with van der Waals surface area (Å²) < 4.78 is 6.44. The topological polar surface area (TPSA) is 78.4 Å². The Balaban J connectivity index is 2.06. The summed E-state index contributed by atoms with van der Waals surface area (Å²) in [6.45, 7) is 1.16. The smallest absolute Gasteiger partial charge is 0.310 e. The molecule has 1 saturated carbocycles. The van der Waals surface area contributed by atoms with Gasteiger partial charge in [-0.2, -0.15) is 0 Å². The molecule has 1 aliphatic rings. The fraction of sp³-hybridized carbons (Fsp3) is 0.538. The number of halogens is 1. The molecule has 0 saturated heterocycles. The van der Waals surface area contributed by atoms with E-state index >= 15 is 0 Å². The molecule has 5 nitrogen and oxygen atoms in total. The zero-order valence-corrected chi connectivity index (χ0v) is 12.1. The van der Waals surface area contributed by atoms with Crippen LogP contribution < -0.4 is 10.5 Å². The molecule has 0 aliphatic heterocycles. The monoisotopic (exact) mass is 328 g/mol. The van der Waals surface area contributed by atoms with Crippen molar-refractivity contribution in [3.8, 4) is 5.75 Å². The van der Waals surface area contributed by atoms with Crippen molar-refractivity contribution in [3.63, 3.8) is 0 Å². The molecule has 2 atom stereocenters. The Morgan fingerprint density at radius 1 is 1.42 bits per heavy atom. The van der Waals surface area contributed by atoms with Crippen LogP contribution in [-0.4, -0.2) is 18.1 Å². The van der Waals surface area contributed by atoms with E-state index in [0.29, 0.717) is 30.7 Å². The van der Waals surface area contributed by atoms with Gasteiger partial charge in [-0.05, 0) is 37.3 Å². The second kappa shape index (κ2) is 6.34. The van der Waals surface area contributed by atoms with E-state index in [-0.39, 0.29) is 5.69 Å². The van der Waals surface area contributed by atoms with Crippen molar-refractivity contribution in [3.05, 3.63) is 32.8 Å². The van der Waals surface area contributed by atoms with Gasteiger partial charge in [-0.1, -0.05) is 22.4 Å². The molecule has 0 amide bonds. The largest absolute Gasteiger partial charge is 0.486 e. The standard InChI is InChI=1S/C13H17BrN2O3/c14-11-4-5-12(16(17)18)13(6-11)19-8-10-3-1-2-9(10)7-15/h4-6,9-10H,1-3,7-8,15H2. The van der Waals surface area contributed by atoms with Gasteiger partial charge >= 0.3 is 5.69 Å². The summed E-state index contributed by atoms with van der Waals surface area (Å²) in [4.78, 5) is 10.5. The van der Waals surface area contributed by atoms with Gasteiger partial charge in [0.25, 0.3) is 0 Å². The summed E-state index contributed by atoms with van der Waals surface area (Å²) in [5.41, 5.74) is 5.73. The minimum Gasteiger partial charge on any atom is -0.486 e. The van der Waals surface area contributed by atoms with E-state index in [1.807, 2.05) is 0 Å². The first-order chi connectivity index (χ1) is 9.11. The molecule has 1 aromatic carbocycles. The number of nitro benzene ring substituents is 1. The van der Waals surface area contributed by atoms with Gasteiger partial charge in [0.1, 0.15) is 0 Å². The molecule has 2 N–H and O–H groups in total. The number of nitro groups is 1. The molecular formula is C13H17BrN2O3. The Morgan fingerprint density at radius 2 is 2.16 bits per heavy atom. The normalized spacial score (nSPS) is 22.4. The molecule has 2 rings (SSSR count). The number of rotatable bonds is 5. The van der Waals surface area contributed by atoms with Crippen LogP contribution in [0.15, 0.2) is 22.7 Å². The van der Waals surface area contributed by atoms with Crippen molar-refractivity contribution in [2.75, 3.05) is 13.2 Å². The van der Waals surface area contributed by atoms with Crippen molar-refractivity contribution in [1.82, 2.24) is 0 Å². The highest BCUT2D eigenvalue weighted by molar-refractivity contribution is 9.10. The molecule has 19 heavy (non-hydrogen) atoms. The van der Waals surface area contributed by atoms with E-state index in [1.54, 1.807) is 12.1 Å². The molecule has 6 heteroatoms. The number of benzene rings is 1. The molecule has 1 aromatic rings. The Bertz CT molecular complexity index is 467. The first-order valence-electron chi connectivity index (χ1n) is 6.38. The Labute approximate surface area is 120 Å². The predicted molar refractivity (Wildman–Crippen MR) is 76.2 cm³/mol. The molecule has 104 valence electrons. The maximum absolute atomic E-state index is 10.9. The zero-order chi connectivity index (χ0) is 13.8. The molecule has 1 aliphatic carbocycles. The summed E-state index contributed by atoms with van der Waals surface area (Å²) in [6.07, 6.45) is 3.38. The quantitative estimate of drug-likeness (QED) is 0.665. The Morgan fingerprint density at radius 3 is 2.84 bits per heavy atom. The van der Waals surface area contributed by atoms with Crippen molar-refractivity contribution in [2.24, 2.45) is 17.6 Å². The van der Waals surface area contributed by atoms with Crippen LogP contribution in [0, 0.1) is 22.0 Å². The van der Waals surface area contributed by atoms with Crippen LogP contribution in [0.1, 0.15) is 19.3 Å². The van der Waals surface area contributed by atoms with Crippen LogP contribution >= 0.6 is 15.9 Å². The summed E-state index contributed by atoms with van der Waals surface area (Å²) in [7, 11) is 0. The molecule has 0 aromatic heterocycles. The van der Waals surface area contributed by atoms with Crippen molar-refractivity contribution in [1.29, 1.82) is 0 Å². The van der Waals surface area contributed by atoms with Gasteiger partial charge < -0.3 is 10.5 Å². The van der Waals surface area contributed by atoms with Crippen molar-refractivity contribution >= 4 is 21.6 Å². The summed E-state index contributed by atoms with van der Waals surface area (Å²) >= 11 is 3.30. The lowest BCUT2D eigenvalue weighted by atomic mass is 9.97. The number of hydrogen-bond acceptors (Lipinski definition) is 4. The second-order valence-electron chi connectivity index (χ2n) is 4.87. The van der Waals surface area contributed by atoms with Crippen LogP contribution in [-0.2, 0) is 0 Å². The summed E-state index contributed by atoms with van der Waals surface area (Å²) in [6, 6.07) is 4.74. The molecule has 0 spiro atoms. The third-order valence-electron chi connectivity index (χ3n) is 3.69. The van der Waals surface area contributed by atoms with Gasteiger partial charge in [-0.25, -0.2) is 0 Å². The number of hydrogen-bond donors (Lipinski definition) is 1.